The Morgan fingerprint density at radius 2 is 2.12 bits per heavy atom. The molecule has 1 N–H and O–H groups in total. The Hall–Kier alpha value is -0.480. The zero-order chi connectivity index (χ0) is 12.4. The molecule has 0 amide bonds. The average molecular weight is 304 g/mol. The van der Waals surface area contributed by atoms with E-state index in [1.165, 1.54) is 12.1 Å². The smallest absolute Gasteiger partial charge is 0.143 e. The molecule has 1 nitrogen and oxygen atoms in total. The summed E-state index contributed by atoms with van der Waals surface area (Å²) in [7, 11) is 0. The van der Waals surface area contributed by atoms with E-state index in [0.717, 1.165) is 25.9 Å². The summed E-state index contributed by atoms with van der Waals surface area (Å²) >= 11 is 3.12. The van der Waals surface area contributed by atoms with E-state index in [1.54, 1.807) is 0 Å². The Balaban J connectivity index is 2.20. The summed E-state index contributed by atoms with van der Waals surface area (Å²) in [5, 5.41) is 3.25. The molecule has 0 saturated heterocycles. The maximum absolute atomic E-state index is 13.9. The highest BCUT2D eigenvalue weighted by Crippen LogP contribution is 2.44. The first-order valence-corrected chi connectivity index (χ1v) is 6.78. The minimum absolute atomic E-state index is 0.0200. The van der Waals surface area contributed by atoms with Gasteiger partial charge in [0.05, 0.1) is 4.47 Å². The lowest BCUT2D eigenvalue weighted by atomic mass is 9.69. The highest BCUT2D eigenvalue weighted by Gasteiger charge is 2.35. The minimum atomic E-state index is -0.434. The van der Waals surface area contributed by atoms with Gasteiger partial charge in [-0.1, -0.05) is 6.92 Å². The second kappa shape index (κ2) is 5.44. The average Bonchev–Trinajstić information content (AvgIpc) is 2.28. The maximum atomic E-state index is 13.9. The van der Waals surface area contributed by atoms with Crippen LogP contribution in [0.1, 0.15) is 31.2 Å². The van der Waals surface area contributed by atoms with Gasteiger partial charge in [-0.25, -0.2) is 8.78 Å². The summed E-state index contributed by atoms with van der Waals surface area (Å²) in [6.45, 7) is 3.77. The molecule has 1 aromatic carbocycles. The van der Waals surface area contributed by atoms with Crippen LogP contribution < -0.4 is 5.32 Å². The lowest BCUT2D eigenvalue weighted by Crippen LogP contribution is -2.34. The number of benzene rings is 1. The highest BCUT2D eigenvalue weighted by molar-refractivity contribution is 9.10. The minimum Gasteiger partial charge on any atom is -0.317 e. The SMILES string of the molecule is CCNCC1CCC1c1c(F)ccc(Br)c1F. The Morgan fingerprint density at radius 3 is 2.71 bits per heavy atom. The quantitative estimate of drug-likeness (QED) is 0.834. The van der Waals surface area contributed by atoms with Crippen molar-refractivity contribution in [1.82, 2.24) is 5.32 Å². The lowest BCUT2D eigenvalue weighted by Gasteiger charge is -2.37. The molecular formula is C13H16BrF2N. The predicted molar refractivity (Wildman–Crippen MR) is 68.1 cm³/mol. The van der Waals surface area contributed by atoms with Crippen LogP contribution in [-0.4, -0.2) is 13.1 Å². The fourth-order valence-electron chi connectivity index (χ4n) is 2.41. The summed E-state index contributed by atoms with van der Waals surface area (Å²) in [6.07, 6.45) is 1.92. The van der Waals surface area contributed by atoms with Crippen LogP contribution in [0.25, 0.3) is 0 Å². The van der Waals surface area contributed by atoms with E-state index in [4.69, 9.17) is 0 Å². The van der Waals surface area contributed by atoms with Gasteiger partial charge in [0, 0.05) is 5.56 Å². The van der Waals surface area contributed by atoms with Gasteiger partial charge >= 0.3 is 0 Å². The summed E-state index contributed by atoms with van der Waals surface area (Å²) in [4.78, 5) is 0. The van der Waals surface area contributed by atoms with Crippen molar-refractivity contribution < 1.29 is 8.78 Å². The Morgan fingerprint density at radius 1 is 1.35 bits per heavy atom. The molecular weight excluding hydrogens is 288 g/mol. The van der Waals surface area contributed by atoms with Crippen molar-refractivity contribution in [3.63, 3.8) is 0 Å². The molecule has 0 aromatic heterocycles. The third-order valence-electron chi connectivity index (χ3n) is 3.52. The largest absolute Gasteiger partial charge is 0.317 e. The van der Waals surface area contributed by atoms with Gasteiger partial charge in [0.2, 0.25) is 0 Å². The molecule has 4 heteroatoms. The molecule has 17 heavy (non-hydrogen) atoms. The first-order chi connectivity index (χ1) is 8.15. The standard InChI is InChI=1S/C13H16BrF2N/c1-2-17-7-8-3-4-9(8)12-11(15)6-5-10(14)13(12)16/h5-6,8-9,17H,2-4,7H2,1H3. The van der Waals surface area contributed by atoms with Crippen LogP contribution in [0.4, 0.5) is 8.78 Å². The molecule has 1 aliphatic rings. The van der Waals surface area contributed by atoms with Gasteiger partial charge < -0.3 is 5.32 Å². The molecule has 1 saturated carbocycles. The first-order valence-electron chi connectivity index (χ1n) is 5.99. The number of halogens is 3. The van der Waals surface area contributed by atoms with Crippen LogP contribution in [0, 0.1) is 17.6 Å². The Labute approximate surface area is 109 Å². The van der Waals surface area contributed by atoms with Crippen molar-refractivity contribution in [3.05, 3.63) is 33.8 Å². The molecule has 2 rings (SSSR count). The topological polar surface area (TPSA) is 12.0 Å². The van der Waals surface area contributed by atoms with Crippen molar-refractivity contribution >= 4 is 15.9 Å². The van der Waals surface area contributed by atoms with Crippen LogP contribution in [0.5, 0.6) is 0 Å². The van der Waals surface area contributed by atoms with Crippen molar-refractivity contribution in [2.75, 3.05) is 13.1 Å². The van der Waals surface area contributed by atoms with Gasteiger partial charge in [-0.05, 0) is 65.8 Å². The van der Waals surface area contributed by atoms with E-state index in [1.807, 2.05) is 6.92 Å². The fourth-order valence-corrected chi connectivity index (χ4v) is 2.75. The molecule has 0 aliphatic heterocycles. The molecule has 0 heterocycles. The van der Waals surface area contributed by atoms with E-state index in [2.05, 4.69) is 21.2 Å². The van der Waals surface area contributed by atoms with Gasteiger partial charge in [0.15, 0.2) is 0 Å². The molecule has 0 spiro atoms. The van der Waals surface area contributed by atoms with Crippen molar-refractivity contribution in [3.8, 4) is 0 Å². The Bertz CT molecular complexity index is 409. The third kappa shape index (κ3) is 2.52. The summed E-state index contributed by atoms with van der Waals surface area (Å²) in [5.74, 6) is -0.479. The van der Waals surface area contributed by atoms with Gasteiger partial charge in [-0.2, -0.15) is 0 Å². The summed E-state index contributed by atoms with van der Waals surface area (Å²) in [5.41, 5.74) is 0.258. The monoisotopic (exact) mass is 303 g/mol. The van der Waals surface area contributed by atoms with Gasteiger partial charge in [-0.3, -0.25) is 0 Å². The van der Waals surface area contributed by atoms with E-state index in [-0.39, 0.29) is 11.5 Å². The van der Waals surface area contributed by atoms with E-state index in [0.29, 0.717) is 10.4 Å². The number of rotatable bonds is 4. The molecule has 0 bridgehead atoms. The number of hydrogen-bond donors (Lipinski definition) is 1. The molecule has 2 unspecified atom stereocenters. The van der Waals surface area contributed by atoms with Crippen LogP contribution in [0.2, 0.25) is 0 Å². The van der Waals surface area contributed by atoms with Crippen LogP contribution in [0.15, 0.2) is 16.6 Å². The van der Waals surface area contributed by atoms with Gasteiger partial charge in [-0.15, -0.1) is 0 Å². The zero-order valence-corrected chi connectivity index (χ0v) is 11.4. The lowest BCUT2D eigenvalue weighted by molar-refractivity contribution is 0.236. The van der Waals surface area contributed by atoms with Gasteiger partial charge in [0.1, 0.15) is 11.6 Å². The number of nitrogens with one attached hydrogen (secondary N) is 1. The van der Waals surface area contributed by atoms with Gasteiger partial charge in [0.25, 0.3) is 0 Å². The molecule has 1 fully saturated rings. The fraction of sp³-hybridized carbons (Fsp3) is 0.538. The number of hydrogen-bond acceptors (Lipinski definition) is 1. The molecule has 1 aliphatic carbocycles. The normalized spacial score (nSPS) is 23.5. The highest BCUT2D eigenvalue weighted by atomic mass is 79.9. The van der Waals surface area contributed by atoms with Crippen molar-refractivity contribution in [2.45, 2.75) is 25.7 Å². The molecule has 1 aromatic rings. The summed E-state index contributed by atoms with van der Waals surface area (Å²) in [6, 6.07) is 2.76. The van der Waals surface area contributed by atoms with Crippen molar-refractivity contribution in [2.24, 2.45) is 5.92 Å². The van der Waals surface area contributed by atoms with Crippen LogP contribution in [-0.2, 0) is 0 Å². The Kier molecular flexibility index (Phi) is 4.15. The molecule has 94 valence electrons. The maximum Gasteiger partial charge on any atom is 0.143 e. The molecule has 0 radical (unpaired) electrons. The van der Waals surface area contributed by atoms with E-state index < -0.39 is 11.6 Å². The van der Waals surface area contributed by atoms with Crippen LogP contribution in [0.3, 0.4) is 0 Å². The van der Waals surface area contributed by atoms with E-state index in [9.17, 15) is 8.78 Å². The van der Waals surface area contributed by atoms with Crippen LogP contribution >= 0.6 is 15.9 Å². The predicted octanol–water partition coefficient (Wildman–Crippen LogP) is 3.83. The summed E-state index contributed by atoms with van der Waals surface area (Å²) < 4.78 is 28.0. The van der Waals surface area contributed by atoms with Crippen molar-refractivity contribution in [1.29, 1.82) is 0 Å². The third-order valence-corrected chi connectivity index (χ3v) is 4.14. The molecule has 2 atom stereocenters. The second-order valence-electron chi connectivity index (χ2n) is 4.51. The zero-order valence-electron chi connectivity index (χ0n) is 9.77. The first kappa shape index (κ1) is 13.0. The van der Waals surface area contributed by atoms with E-state index >= 15 is 0 Å². The second-order valence-corrected chi connectivity index (χ2v) is 5.36.